The summed E-state index contributed by atoms with van der Waals surface area (Å²) in [4.78, 5) is 12.2. The monoisotopic (exact) mass is 548 g/mol. The molecule has 4 rings (SSSR count). The molecule has 0 aromatic carbocycles. The third-order valence-electron chi connectivity index (χ3n) is 8.23. The topological polar surface area (TPSA) is 174 Å². The van der Waals surface area contributed by atoms with Gasteiger partial charge in [-0.2, -0.15) is 0 Å². The van der Waals surface area contributed by atoms with Crippen LogP contribution in [-0.2, 0) is 33.2 Å². The number of hydrogen-bond donors (Lipinski definition) is 5. The van der Waals surface area contributed by atoms with Gasteiger partial charge in [0.15, 0.2) is 18.4 Å². The molecule has 4 fully saturated rings. The molecule has 4 aliphatic rings. The molecule has 5 N–H and O–H groups in total. The lowest BCUT2D eigenvalue weighted by molar-refractivity contribution is -0.351. The highest BCUT2D eigenvalue weighted by Crippen LogP contribution is 2.36. The minimum atomic E-state index is -1.45. The molecule has 3 aliphatic heterocycles. The van der Waals surface area contributed by atoms with Crippen molar-refractivity contribution in [2.24, 2.45) is 5.92 Å². The number of ketones is 1. The van der Waals surface area contributed by atoms with Crippen LogP contribution in [0.4, 0.5) is 0 Å². The van der Waals surface area contributed by atoms with Crippen molar-refractivity contribution >= 4 is 5.78 Å². The molecule has 0 aromatic heterocycles. The quantitative estimate of drug-likeness (QED) is 0.285. The predicted molar refractivity (Wildman–Crippen MR) is 130 cm³/mol. The van der Waals surface area contributed by atoms with Gasteiger partial charge in [0, 0.05) is 6.61 Å². The standard InChI is InChI=1S/C26H44O12/c1-12-7-6-9-16(22(12)38-25-21(32)20(31)18(29)14(3)34-25)36-26-24-23(19(30)17(11-27)37-26)35-15(13(2)28)8-4-5-10-33-24/h12,14-27,29-32H,4-11H2,1-3H3/t12?,14?,15-,16-,17?,18-,19+,20?,21+,22?,23?,24?,25+,26-/m1/s1. The zero-order valence-corrected chi connectivity index (χ0v) is 22.3. The first-order valence-corrected chi connectivity index (χ1v) is 13.8. The Bertz CT molecular complexity index is 769. The molecule has 12 heteroatoms. The van der Waals surface area contributed by atoms with Crippen molar-refractivity contribution in [3.8, 4) is 0 Å². The van der Waals surface area contributed by atoms with E-state index in [4.69, 9.17) is 28.4 Å². The minimum Gasteiger partial charge on any atom is -0.394 e. The molecule has 12 nitrogen and oxygen atoms in total. The van der Waals surface area contributed by atoms with Crippen molar-refractivity contribution < 1.29 is 58.7 Å². The number of aliphatic hydroxyl groups excluding tert-OH is 5. The summed E-state index contributed by atoms with van der Waals surface area (Å²) in [7, 11) is 0. The van der Waals surface area contributed by atoms with Gasteiger partial charge in [-0.3, -0.25) is 4.79 Å². The van der Waals surface area contributed by atoms with Gasteiger partial charge >= 0.3 is 0 Å². The molecule has 220 valence electrons. The number of carbonyl (C=O) groups is 1. The van der Waals surface area contributed by atoms with Crippen molar-refractivity contribution in [1.29, 1.82) is 0 Å². The Balaban J connectivity index is 1.54. The number of ether oxygens (including phenoxy) is 6. The van der Waals surface area contributed by atoms with Crippen molar-refractivity contribution in [1.82, 2.24) is 0 Å². The van der Waals surface area contributed by atoms with E-state index in [0.29, 0.717) is 32.3 Å². The number of Topliss-reactive ketones (excluding diaryl/α,β-unsaturated/α-hetero) is 1. The average molecular weight is 549 g/mol. The van der Waals surface area contributed by atoms with Crippen LogP contribution in [-0.4, -0.2) is 124 Å². The fraction of sp³-hybridized carbons (Fsp3) is 0.962. The minimum absolute atomic E-state index is 0.00209. The van der Waals surface area contributed by atoms with E-state index in [9.17, 15) is 30.3 Å². The van der Waals surface area contributed by atoms with E-state index in [1.807, 2.05) is 6.92 Å². The molecule has 0 amide bonds. The van der Waals surface area contributed by atoms with Crippen molar-refractivity contribution in [3.63, 3.8) is 0 Å². The molecular weight excluding hydrogens is 504 g/mol. The van der Waals surface area contributed by atoms with E-state index >= 15 is 0 Å². The van der Waals surface area contributed by atoms with Gasteiger partial charge in [-0.05, 0) is 51.9 Å². The third kappa shape index (κ3) is 6.58. The lowest BCUT2D eigenvalue weighted by atomic mass is 9.85. The van der Waals surface area contributed by atoms with Gasteiger partial charge in [0.25, 0.3) is 0 Å². The van der Waals surface area contributed by atoms with Crippen LogP contribution in [0.15, 0.2) is 0 Å². The zero-order chi connectivity index (χ0) is 27.6. The van der Waals surface area contributed by atoms with Crippen molar-refractivity contribution in [2.75, 3.05) is 13.2 Å². The number of carbonyl (C=O) groups excluding carboxylic acids is 1. The number of rotatable bonds is 6. The van der Waals surface area contributed by atoms with Crippen LogP contribution in [0.2, 0.25) is 0 Å². The summed E-state index contributed by atoms with van der Waals surface area (Å²) in [6, 6.07) is 0. The maximum absolute atomic E-state index is 12.2. The van der Waals surface area contributed by atoms with E-state index in [2.05, 4.69) is 0 Å². The first-order chi connectivity index (χ1) is 18.1. The first-order valence-electron chi connectivity index (χ1n) is 13.8. The maximum atomic E-state index is 12.2. The average Bonchev–Trinajstić information content (AvgIpc) is 3.00. The molecular formula is C26H44O12. The highest BCUT2D eigenvalue weighted by Gasteiger charge is 2.51. The van der Waals surface area contributed by atoms with Crippen LogP contribution in [0.5, 0.6) is 0 Å². The summed E-state index contributed by atoms with van der Waals surface area (Å²) >= 11 is 0. The first kappa shape index (κ1) is 30.2. The van der Waals surface area contributed by atoms with Gasteiger partial charge in [0.05, 0.1) is 24.9 Å². The third-order valence-corrected chi connectivity index (χ3v) is 8.23. The molecule has 3 heterocycles. The van der Waals surface area contributed by atoms with E-state index in [0.717, 1.165) is 12.8 Å². The highest BCUT2D eigenvalue weighted by molar-refractivity contribution is 5.80. The molecule has 38 heavy (non-hydrogen) atoms. The molecule has 0 spiro atoms. The predicted octanol–water partition coefficient (Wildman–Crippen LogP) is -0.606. The summed E-state index contributed by atoms with van der Waals surface area (Å²) in [6.45, 7) is 4.90. The molecule has 14 atom stereocenters. The Morgan fingerprint density at radius 2 is 1.58 bits per heavy atom. The van der Waals surface area contributed by atoms with E-state index < -0.39 is 86.3 Å². The second kappa shape index (κ2) is 13.3. The summed E-state index contributed by atoms with van der Waals surface area (Å²) in [5.41, 5.74) is 0. The SMILES string of the molecule is CC(=O)[C@H]1CCCCOC2C(O1)[C@@H](O)C(CO)O[C@H]2O[C@@H]1CCCC(C)C1O[C@@H]1OC(C)[C@@H](O)C(O)[C@@H]1O. The van der Waals surface area contributed by atoms with Crippen LogP contribution in [0.25, 0.3) is 0 Å². The Morgan fingerprint density at radius 3 is 2.29 bits per heavy atom. The van der Waals surface area contributed by atoms with Crippen molar-refractivity contribution in [2.45, 2.75) is 139 Å². The molecule has 0 bridgehead atoms. The van der Waals surface area contributed by atoms with Crippen LogP contribution < -0.4 is 0 Å². The molecule has 0 radical (unpaired) electrons. The smallest absolute Gasteiger partial charge is 0.187 e. The van der Waals surface area contributed by atoms with Crippen LogP contribution in [0, 0.1) is 5.92 Å². The molecule has 0 aromatic rings. The number of hydrogen-bond acceptors (Lipinski definition) is 12. The van der Waals surface area contributed by atoms with E-state index in [1.165, 1.54) is 6.92 Å². The lowest BCUT2D eigenvalue weighted by Gasteiger charge is -2.47. The molecule has 1 aliphatic carbocycles. The summed E-state index contributed by atoms with van der Waals surface area (Å²) in [6.07, 6.45) is -8.74. The Hall–Kier alpha value is -0.770. The van der Waals surface area contributed by atoms with Gasteiger partial charge in [0.1, 0.15) is 48.8 Å². The van der Waals surface area contributed by atoms with Crippen LogP contribution >= 0.6 is 0 Å². The van der Waals surface area contributed by atoms with E-state index in [-0.39, 0.29) is 11.7 Å². The van der Waals surface area contributed by atoms with Crippen molar-refractivity contribution in [3.05, 3.63) is 0 Å². The summed E-state index contributed by atoms with van der Waals surface area (Å²) in [5, 5.41) is 51.6. The Kier molecular flexibility index (Phi) is 10.5. The van der Waals surface area contributed by atoms with E-state index in [1.54, 1.807) is 6.92 Å². The Morgan fingerprint density at radius 1 is 0.816 bits per heavy atom. The van der Waals surface area contributed by atoms with Crippen LogP contribution in [0.3, 0.4) is 0 Å². The molecule has 1 saturated carbocycles. The lowest BCUT2D eigenvalue weighted by Crippen LogP contribution is -2.63. The van der Waals surface area contributed by atoms with Gasteiger partial charge in [0.2, 0.25) is 0 Å². The summed E-state index contributed by atoms with van der Waals surface area (Å²) < 4.78 is 36.4. The van der Waals surface area contributed by atoms with Gasteiger partial charge in [-0.15, -0.1) is 0 Å². The normalized spacial score (nSPS) is 48.8. The Labute approximate surface area is 223 Å². The largest absolute Gasteiger partial charge is 0.394 e. The zero-order valence-electron chi connectivity index (χ0n) is 22.3. The van der Waals surface area contributed by atoms with Gasteiger partial charge in [-0.1, -0.05) is 13.3 Å². The summed E-state index contributed by atoms with van der Waals surface area (Å²) in [5.74, 6) is -0.147. The van der Waals surface area contributed by atoms with Crippen LogP contribution in [0.1, 0.15) is 59.3 Å². The highest BCUT2D eigenvalue weighted by atomic mass is 16.7. The second-order valence-corrected chi connectivity index (χ2v) is 11.1. The maximum Gasteiger partial charge on any atom is 0.187 e. The number of aliphatic hydroxyl groups is 5. The van der Waals surface area contributed by atoms with Gasteiger partial charge < -0.3 is 54.0 Å². The second-order valence-electron chi connectivity index (χ2n) is 11.1. The fourth-order valence-corrected chi connectivity index (χ4v) is 5.85. The molecule has 7 unspecified atom stereocenters. The van der Waals surface area contributed by atoms with Gasteiger partial charge in [-0.25, -0.2) is 0 Å². The fourth-order valence-electron chi connectivity index (χ4n) is 5.85. The molecule has 3 saturated heterocycles. The number of fused-ring (bicyclic) bond motifs is 1.